The molecule has 0 fully saturated rings. The van der Waals surface area contributed by atoms with Gasteiger partial charge in [0.2, 0.25) is 0 Å². The molecule has 1 rings (SSSR count). The fourth-order valence-electron chi connectivity index (χ4n) is 0.758. The van der Waals surface area contributed by atoms with Gasteiger partial charge in [0.1, 0.15) is 5.75 Å². The Hall–Kier alpha value is -1.01. The Bertz CT molecular complexity index is 386. The van der Waals surface area contributed by atoms with E-state index in [0.717, 1.165) is 24.3 Å². The monoisotopic (exact) mass is 233 g/mol. The van der Waals surface area contributed by atoms with Crippen LogP contribution in [0.15, 0.2) is 24.3 Å². The SMILES string of the molecule is O=[N+]([O-])c1ccc(OP([O-])([O-])=S)cc1. The highest BCUT2D eigenvalue weighted by atomic mass is 32.5. The van der Waals surface area contributed by atoms with E-state index in [1.54, 1.807) is 0 Å². The molecule has 0 bridgehead atoms. The number of benzene rings is 1. The summed E-state index contributed by atoms with van der Waals surface area (Å²) >= 11 is 4.00. The topological polar surface area (TPSA) is 98.5 Å². The molecule has 8 heteroatoms. The van der Waals surface area contributed by atoms with Crippen LogP contribution in [0.5, 0.6) is 5.75 Å². The smallest absolute Gasteiger partial charge is 0.269 e. The molecule has 0 radical (unpaired) electrons. The van der Waals surface area contributed by atoms with Crippen molar-refractivity contribution in [1.82, 2.24) is 0 Å². The Morgan fingerprint density at radius 1 is 1.29 bits per heavy atom. The fraction of sp³-hybridized carbons (Fsp3) is 0. The lowest BCUT2D eigenvalue weighted by Crippen LogP contribution is -2.18. The quantitative estimate of drug-likeness (QED) is 0.411. The van der Waals surface area contributed by atoms with Crippen LogP contribution >= 0.6 is 6.72 Å². The maximum absolute atomic E-state index is 10.5. The molecule has 0 aliphatic carbocycles. The van der Waals surface area contributed by atoms with E-state index in [9.17, 15) is 19.9 Å². The molecule has 0 unspecified atom stereocenters. The zero-order valence-corrected chi connectivity index (χ0v) is 8.36. The summed E-state index contributed by atoms with van der Waals surface area (Å²) in [5, 5.41) is 10.2. The minimum Gasteiger partial charge on any atom is -0.803 e. The first-order chi connectivity index (χ1) is 6.38. The first-order valence-electron chi connectivity index (χ1n) is 3.34. The van der Waals surface area contributed by atoms with Gasteiger partial charge in [0.15, 0.2) is 0 Å². The van der Waals surface area contributed by atoms with E-state index in [4.69, 9.17) is 0 Å². The Labute approximate surface area is 84.2 Å². The number of hydrogen-bond donors (Lipinski definition) is 0. The highest BCUT2D eigenvalue weighted by Crippen LogP contribution is 2.30. The van der Waals surface area contributed by atoms with Crippen LogP contribution in [-0.2, 0) is 11.8 Å². The van der Waals surface area contributed by atoms with E-state index >= 15 is 0 Å². The van der Waals surface area contributed by atoms with Crippen molar-refractivity contribution in [3.63, 3.8) is 0 Å². The van der Waals surface area contributed by atoms with Crippen molar-refractivity contribution in [2.75, 3.05) is 0 Å². The Kier molecular flexibility index (Phi) is 3.17. The minimum atomic E-state index is -4.26. The number of nitrogens with zero attached hydrogens (tertiary/aromatic N) is 1. The third-order valence-electron chi connectivity index (χ3n) is 1.26. The van der Waals surface area contributed by atoms with Crippen LogP contribution in [0.25, 0.3) is 0 Å². The molecule has 0 aliphatic heterocycles. The van der Waals surface area contributed by atoms with Gasteiger partial charge in [-0.3, -0.25) is 10.1 Å². The van der Waals surface area contributed by atoms with Crippen molar-refractivity contribution in [2.24, 2.45) is 0 Å². The fourth-order valence-corrected chi connectivity index (χ4v) is 1.40. The van der Waals surface area contributed by atoms with Crippen molar-refractivity contribution in [1.29, 1.82) is 0 Å². The molecule has 0 aliphatic rings. The Balaban J connectivity index is 2.84. The number of nitro groups is 1. The van der Waals surface area contributed by atoms with E-state index in [-0.39, 0.29) is 11.4 Å². The molecule has 0 saturated carbocycles. The minimum absolute atomic E-state index is 0.0380. The van der Waals surface area contributed by atoms with E-state index < -0.39 is 11.6 Å². The van der Waals surface area contributed by atoms with Crippen LogP contribution in [-0.4, -0.2) is 4.92 Å². The predicted molar refractivity (Wildman–Crippen MR) is 48.0 cm³/mol. The van der Waals surface area contributed by atoms with Gasteiger partial charge in [-0.15, -0.1) is 0 Å². The van der Waals surface area contributed by atoms with Gasteiger partial charge < -0.3 is 14.3 Å². The molecule has 1 aromatic carbocycles. The molecule has 0 saturated heterocycles. The standard InChI is InChI=1S/C6H6NO5PS/c8-7(9)5-1-3-6(4-2-5)12-13(10,11)14/h1-4H,(H2,10,11,14)/p-2. The van der Waals surface area contributed by atoms with Gasteiger partial charge >= 0.3 is 0 Å². The van der Waals surface area contributed by atoms with Gasteiger partial charge in [-0.05, 0) is 18.9 Å². The number of rotatable bonds is 3. The van der Waals surface area contributed by atoms with Gasteiger partial charge in [0, 0.05) is 12.1 Å². The van der Waals surface area contributed by atoms with Crippen LogP contribution < -0.4 is 14.3 Å². The average Bonchev–Trinajstić information content (AvgIpc) is 2.02. The lowest BCUT2D eigenvalue weighted by Gasteiger charge is -2.34. The van der Waals surface area contributed by atoms with Gasteiger partial charge in [-0.1, -0.05) is 11.8 Å². The maximum Gasteiger partial charge on any atom is 0.269 e. The van der Waals surface area contributed by atoms with Crippen LogP contribution in [0.2, 0.25) is 0 Å². The maximum atomic E-state index is 10.5. The van der Waals surface area contributed by atoms with Gasteiger partial charge in [-0.2, -0.15) is 0 Å². The molecular formula is C6H4NO5PS-2. The van der Waals surface area contributed by atoms with Gasteiger partial charge in [0.05, 0.1) is 4.92 Å². The molecule has 1 aromatic rings. The third kappa shape index (κ3) is 3.39. The van der Waals surface area contributed by atoms with E-state index in [0.29, 0.717) is 0 Å². The van der Waals surface area contributed by atoms with Gasteiger partial charge in [0.25, 0.3) is 5.69 Å². The molecule has 0 aromatic heterocycles. The van der Waals surface area contributed by atoms with Crippen molar-refractivity contribution in [3.8, 4) is 5.75 Å². The number of nitro benzene ring substituents is 1. The summed E-state index contributed by atoms with van der Waals surface area (Å²) in [6, 6.07) is 4.57. The zero-order chi connectivity index (χ0) is 10.8. The van der Waals surface area contributed by atoms with Crippen LogP contribution in [0.1, 0.15) is 0 Å². The average molecular weight is 233 g/mol. The molecule has 0 amide bonds. The molecule has 0 N–H and O–H groups in total. The summed E-state index contributed by atoms with van der Waals surface area (Å²) in [7, 11) is 0. The van der Waals surface area contributed by atoms with Crippen LogP contribution in [0.4, 0.5) is 5.69 Å². The highest BCUT2D eigenvalue weighted by Gasteiger charge is 2.03. The molecule has 6 nitrogen and oxygen atoms in total. The Morgan fingerprint density at radius 3 is 2.14 bits per heavy atom. The zero-order valence-electron chi connectivity index (χ0n) is 6.65. The van der Waals surface area contributed by atoms with Crippen molar-refractivity contribution in [3.05, 3.63) is 34.4 Å². The molecule has 0 atom stereocenters. The molecule has 0 spiro atoms. The third-order valence-corrected chi connectivity index (χ3v) is 1.92. The summed E-state index contributed by atoms with van der Waals surface area (Å²) in [5.41, 5.74) is -0.151. The highest BCUT2D eigenvalue weighted by molar-refractivity contribution is 8.05. The van der Waals surface area contributed by atoms with Crippen LogP contribution in [0, 0.1) is 10.1 Å². The normalized spacial score (nSPS) is 11.0. The Morgan fingerprint density at radius 2 is 1.79 bits per heavy atom. The largest absolute Gasteiger partial charge is 0.803 e. The number of non-ortho nitro benzene ring substituents is 1. The lowest BCUT2D eigenvalue weighted by atomic mass is 10.3. The number of hydrogen-bond acceptors (Lipinski definition) is 6. The second kappa shape index (κ2) is 4.02. The van der Waals surface area contributed by atoms with Crippen molar-refractivity contribution in [2.45, 2.75) is 0 Å². The summed E-state index contributed by atoms with van der Waals surface area (Å²) < 4.78 is 4.33. The molecule has 0 heterocycles. The van der Waals surface area contributed by atoms with Gasteiger partial charge in [-0.25, -0.2) is 0 Å². The van der Waals surface area contributed by atoms with Crippen molar-refractivity contribution < 1.29 is 19.2 Å². The first-order valence-corrected chi connectivity index (χ1v) is 5.90. The van der Waals surface area contributed by atoms with Crippen LogP contribution in [0.3, 0.4) is 0 Å². The second-order valence-corrected chi connectivity index (χ2v) is 4.71. The lowest BCUT2D eigenvalue weighted by molar-refractivity contribution is -0.384. The van der Waals surface area contributed by atoms with E-state index in [1.807, 2.05) is 0 Å². The summed E-state index contributed by atoms with van der Waals surface area (Å²) in [6.45, 7) is -4.26. The molecular weight excluding hydrogens is 229 g/mol. The van der Waals surface area contributed by atoms with E-state index in [1.165, 1.54) is 0 Å². The molecule has 14 heavy (non-hydrogen) atoms. The summed E-state index contributed by atoms with van der Waals surface area (Å²) in [4.78, 5) is 30.6. The summed E-state index contributed by atoms with van der Waals surface area (Å²) in [6.07, 6.45) is 0. The molecule has 76 valence electrons. The second-order valence-electron chi connectivity index (χ2n) is 2.29. The van der Waals surface area contributed by atoms with E-state index in [2.05, 4.69) is 16.3 Å². The summed E-state index contributed by atoms with van der Waals surface area (Å²) in [5.74, 6) is -0.0380. The van der Waals surface area contributed by atoms with Crippen molar-refractivity contribution >= 4 is 24.2 Å². The first kappa shape index (κ1) is 11.1. The predicted octanol–water partition coefficient (Wildman–Crippen LogP) is -0.0813.